The molecule has 0 aliphatic carbocycles. The topological polar surface area (TPSA) is 33.5 Å². The molecule has 1 aromatic carbocycles. The van der Waals surface area contributed by atoms with E-state index in [-0.39, 0.29) is 5.78 Å². The van der Waals surface area contributed by atoms with Crippen LogP contribution in [-0.4, -0.2) is 24.3 Å². The number of benzene rings is 1. The number of likely N-dealkylation sites (N-methyl/N-ethyl adjacent to an activating group) is 1. The summed E-state index contributed by atoms with van der Waals surface area (Å²) in [7, 11) is 1.90. The fraction of sp³-hybridized carbons (Fsp3) is 0.267. The van der Waals surface area contributed by atoms with E-state index in [0.29, 0.717) is 23.7 Å². The number of ketones is 1. The van der Waals surface area contributed by atoms with Crippen molar-refractivity contribution in [3.05, 3.63) is 58.5 Å². The molecule has 0 atom stereocenters. The number of hydrogen-bond donors (Lipinski definition) is 0. The smallest absolute Gasteiger partial charge is 0.178 e. The minimum atomic E-state index is 0.0225. The van der Waals surface area contributed by atoms with Gasteiger partial charge in [-0.15, -0.1) is 0 Å². The molecular weight excluding hydrogens is 262 g/mol. The standard InChI is InChI=1S/C15H16ClNO2/c1-11-12(7-8-19-11)9-17(2)10-15(18)13-5-3-4-6-14(13)16/h3-8H,9-10H2,1-2H3. The Morgan fingerprint density at radius 3 is 2.68 bits per heavy atom. The molecule has 1 aromatic heterocycles. The van der Waals surface area contributed by atoms with Crippen molar-refractivity contribution in [2.45, 2.75) is 13.5 Å². The normalized spacial score (nSPS) is 10.9. The van der Waals surface area contributed by atoms with Crippen molar-refractivity contribution < 1.29 is 9.21 Å². The lowest BCUT2D eigenvalue weighted by atomic mass is 10.1. The van der Waals surface area contributed by atoms with Crippen LogP contribution in [0.4, 0.5) is 0 Å². The Labute approximate surface area is 117 Å². The molecule has 2 rings (SSSR count). The number of aryl methyl sites for hydroxylation is 1. The fourth-order valence-corrected chi connectivity index (χ4v) is 2.18. The molecule has 19 heavy (non-hydrogen) atoms. The van der Waals surface area contributed by atoms with E-state index in [1.54, 1.807) is 18.4 Å². The Morgan fingerprint density at radius 1 is 1.32 bits per heavy atom. The van der Waals surface area contributed by atoms with Crippen LogP contribution >= 0.6 is 11.6 Å². The molecule has 0 amide bonds. The highest BCUT2D eigenvalue weighted by molar-refractivity contribution is 6.34. The van der Waals surface area contributed by atoms with Crippen molar-refractivity contribution in [2.24, 2.45) is 0 Å². The van der Waals surface area contributed by atoms with Gasteiger partial charge in [-0.25, -0.2) is 0 Å². The second-order valence-corrected chi connectivity index (χ2v) is 4.98. The summed E-state index contributed by atoms with van der Waals surface area (Å²) in [6, 6.07) is 9.04. The van der Waals surface area contributed by atoms with E-state index in [9.17, 15) is 4.79 Å². The van der Waals surface area contributed by atoms with Crippen molar-refractivity contribution in [3.8, 4) is 0 Å². The molecule has 0 aliphatic rings. The van der Waals surface area contributed by atoms with Crippen molar-refractivity contribution in [1.82, 2.24) is 4.90 Å². The van der Waals surface area contributed by atoms with Crippen LogP contribution in [0.25, 0.3) is 0 Å². The first-order valence-corrected chi connectivity index (χ1v) is 6.45. The Kier molecular flexibility index (Phi) is 4.40. The number of carbonyl (C=O) groups excluding carboxylic acids is 1. The number of halogens is 1. The van der Waals surface area contributed by atoms with Crippen LogP contribution in [0.5, 0.6) is 0 Å². The van der Waals surface area contributed by atoms with E-state index in [1.807, 2.05) is 37.1 Å². The monoisotopic (exact) mass is 277 g/mol. The van der Waals surface area contributed by atoms with Gasteiger partial charge in [0.05, 0.1) is 17.8 Å². The van der Waals surface area contributed by atoms with Crippen molar-refractivity contribution in [1.29, 1.82) is 0 Å². The molecule has 0 saturated heterocycles. The van der Waals surface area contributed by atoms with Crippen LogP contribution in [0.1, 0.15) is 21.7 Å². The first-order valence-electron chi connectivity index (χ1n) is 6.07. The SMILES string of the molecule is Cc1occc1CN(C)CC(=O)c1ccccc1Cl. The molecule has 0 unspecified atom stereocenters. The summed E-state index contributed by atoms with van der Waals surface area (Å²) in [6.45, 7) is 2.92. The molecule has 0 N–H and O–H groups in total. The molecule has 1 heterocycles. The lowest BCUT2D eigenvalue weighted by Crippen LogP contribution is -2.25. The van der Waals surface area contributed by atoms with Crippen molar-refractivity contribution in [3.63, 3.8) is 0 Å². The Morgan fingerprint density at radius 2 is 2.05 bits per heavy atom. The second-order valence-electron chi connectivity index (χ2n) is 4.58. The first-order chi connectivity index (χ1) is 9.08. The zero-order valence-electron chi connectivity index (χ0n) is 11.0. The highest BCUT2D eigenvalue weighted by Gasteiger charge is 2.13. The van der Waals surface area contributed by atoms with Crippen LogP contribution in [0.15, 0.2) is 41.0 Å². The van der Waals surface area contributed by atoms with Crippen molar-refractivity contribution >= 4 is 17.4 Å². The number of hydrogen-bond acceptors (Lipinski definition) is 3. The molecule has 3 nitrogen and oxygen atoms in total. The highest BCUT2D eigenvalue weighted by Crippen LogP contribution is 2.16. The Balaban J connectivity index is 2.00. The van der Waals surface area contributed by atoms with Crippen LogP contribution < -0.4 is 0 Å². The fourth-order valence-electron chi connectivity index (χ4n) is 1.94. The molecular formula is C15H16ClNO2. The number of furan rings is 1. The quantitative estimate of drug-likeness (QED) is 0.784. The van der Waals surface area contributed by atoms with Gasteiger partial charge in [0.15, 0.2) is 5.78 Å². The maximum absolute atomic E-state index is 12.1. The van der Waals surface area contributed by atoms with Gasteiger partial charge in [-0.3, -0.25) is 9.69 Å². The van der Waals surface area contributed by atoms with Crippen LogP contribution in [-0.2, 0) is 6.54 Å². The number of nitrogens with zero attached hydrogens (tertiary/aromatic N) is 1. The largest absolute Gasteiger partial charge is 0.469 e. The molecule has 0 bridgehead atoms. The van der Waals surface area contributed by atoms with Crippen LogP contribution in [0.3, 0.4) is 0 Å². The van der Waals surface area contributed by atoms with Gasteiger partial charge in [-0.1, -0.05) is 23.7 Å². The lowest BCUT2D eigenvalue weighted by Gasteiger charge is -2.15. The zero-order chi connectivity index (χ0) is 13.8. The van der Waals surface area contributed by atoms with Crippen LogP contribution in [0.2, 0.25) is 5.02 Å². The molecule has 0 radical (unpaired) electrons. The summed E-state index contributed by atoms with van der Waals surface area (Å²) in [6.07, 6.45) is 1.66. The van der Waals surface area contributed by atoms with Gasteiger partial charge in [0.2, 0.25) is 0 Å². The summed E-state index contributed by atoms with van der Waals surface area (Å²) in [4.78, 5) is 14.1. The lowest BCUT2D eigenvalue weighted by molar-refractivity contribution is 0.0943. The summed E-state index contributed by atoms with van der Waals surface area (Å²) in [5, 5.41) is 0.500. The van der Waals surface area contributed by atoms with Gasteiger partial charge in [0.25, 0.3) is 0 Å². The van der Waals surface area contributed by atoms with E-state index in [0.717, 1.165) is 11.3 Å². The third-order valence-electron chi connectivity index (χ3n) is 2.99. The van der Waals surface area contributed by atoms with Gasteiger partial charge >= 0.3 is 0 Å². The van der Waals surface area contributed by atoms with Gasteiger partial charge in [-0.2, -0.15) is 0 Å². The van der Waals surface area contributed by atoms with E-state index in [1.165, 1.54) is 0 Å². The average molecular weight is 278 g/mol. The Hall–Kier alpha value is -1.58. The molecule has 0 saturated carbocycles. The zero-order valence-corrected chi connectivity index (χ0v) is 11.8. The van der Waals surface area contributed by atoms with E-state index in [4.69, 9.17) is 16.0 Å². The van der Waals surface area contributed by atoms with Gasteiger partial charge in [0.1, 0.15) is 5.76 Å². The van der Waals surface area contributed by atoms with Gasteiger partial charge < -0.3 is 4.42 Å². The highest BCUT2D eigenvalue weighted by atomic mass is 35.5. The minimum absolute atomic E-state index is 0.0225. The van der Waals surface area contributed by atoms with Crippen LogP contribution in [0, 0.1) is 6.92 Å². The number of carbonyl (C=O) groups is 1. The second kappa shape index (κ2) is 6.04. The first kappa shape index (κ1) is 13.8. The molecule has 4 heteroatoms. The minimum Gasteiger partial charge on any atom is -0.469 e. The van der Waals surface area contributed by atoms with E-state index in [2.05, 4.69) is 0 Å². The summed E-state index contributed by atoms with van der Waals surface area (Å²) in [5.41, 5.74) is 1.66. The maximum Gasteiger partial charge on any atom is 0.178 e. The van der Waals surface area contributed by atoms with E-state index < -0.39 is 0 Å². The van der Waals surface area contributed by atoms with E-state index >= 15 is 0 Å². The maximum atomic E-state index is 12.1. The predicted molar refractivity (Wildman–Crippen MR) is 75.6 cm³/mol. The number of rotatable bonds is 5. The average Bonchev–Trinajstić information content (AvgIpc) is 2.75. The van der Waals surface area contributed by atoms with Gasteiger partial charge in [0, 0.05) is 17.7 Å². The number of Topliss-reactive ketones (excluding diaryl/α,β-unsaturated/α-hetero) is 1. The molecule has 0 aliphatic heterocycles. The molecule has 2 aromatic rings. The third-order valence-corrected chi connectivity index (χ3v) is 3.32. The summed E-state index contributed by atoms with van der Waals surface area (Å²) < 4.78 is 5.24. The molecule has 0 spiro atoms. The Bertz CT molecular complexity index is 577. The third kappa shape index (κ3) is 3.46. The van der Waals surface area contributed by atoms with Gasteiger partial charge in [-0.05, 0) is 32.2 Å². The molecule has 100 valence electrons. The predicted octanol–water partition coefficient (Wildman–Crippen LogP) is 3.56. The molecule has 0 fully saturated rings. The summed E-state index contributed by atoms with van der Waals surface area (Å²) >= 11 is 6.02. The summed E-state index contributed by atoms with van der Waals surface area (Å²) in [5.74, 6) is 0.909. The van der Waals surface area contributed by atoms with Crippen molar-refractivity contribution in [2.75, 3.05) is 13.6 Å².